The third kappa shape index (κ3) is 4.05. The molecule has 1 aliphatic heterocycles. The molecule has 2 aromatic carbocycles. The van der Waals surface area contributed by atoms with Crippen LogP contribution >= 0.6 is 39.1 Å². The van der Waals surface area contributed by atoms with Gasteiger partial charge < -0.3 is 10.2 Å². The second-order valence-corrected chi connectivity index (χ2v) is 6.78. The minimum Gasteiger partial charge on any atom is -0.382 e. The molecule has 23 heavy (non-hydrogen) atoms. The monoisotopic (exact) mass is 412 g/mol. The van der Waals surface area contributed by atoms with Gasteiger partial charge in [0, 0.05) is 32.2 Å². The van der Waals surface area contributed by atoms with E-state index in [0.717, 1.165) is 15.7 Å². The Hall–Kier alpha value is -1.56. The lowest BCUT2D eigenvalue weighted by molar-refractivity contribution is -0.125. The summed E-state index contributed by atoms with van der Waals surface area (Å²) in [5.74, 6) is -0.294. The second kappa shape index (κ2) is 6.91. The highest BCUT2D eigenvalue weighted by Crippen LogP contribution is 2.24. The molecule has 0 radical (unpaired) electrons. The molecule has 1 atom stereocenters. The van der Waals surface area contributed by atoms with Gasteiger partial charge in [0.2, 0.25) is 6.10 Å². The summed E-state index contributed by atoms with van der Waals surface area (Å²) in [6.07, 6.45) is -0.280. The number of carbonyl (C=O) groups excluding carboxylic acids is 1. The zero-order valence-corrected chi connectivity index (χ0v) is 14.8. The highest BCUT2D eigenvalue weighted by Gasteiger charge is 2.29. The second-order valence-electron chi connectivity index (χ2n) is 4.99. The summed E-state index contributed by atoms with van der Waals surface area (Å²) in [6, 6.07) is 12.5. The summed E-state index contributed by atoms with van der Waals surface area (Å²) in [6.45, 7) is 0. The van der Waals surface area contributed by atoms with Crippen molar-refractivity contribution in [2.45, 2.75) is 12.5 Å². The van der Waals surface area contributed by atoms with Gasteiger partial charge in [-0.25, -0.2) is 0 Å². The predicted octanol–water partition coefficient (Wildman–Crippen LogP) is 4.89. The Balaban J connectivity index is 1.67. The Morgan fingerprint density at radius 2 is 1.96 bits per heavy atom. The molecule has 3 rings (SSSR count). The van der Waals surface area contributed by atoms with Crippen LogP contribution in [0, 0.1) is 0 Å². The van der Waals surface area contributed by atoms with Gasteiger partial charge in [0.15, 0.2) is 0 Å². The van der Waals surface area contributed by atoms with Gasteiger partial charge in [0.05, 0.1) is 5.71 Å². The average Bonchev–Trinajstić information content (AvgIpc) is 2.96. The lowest BCUT2D eigenvalue weighted by atomic mass is 10.0. The molecule has 0 fully saturated rings. The Morgan fingerprint density at radius 1 is 1.22 bits per heavy atom. The minimum absolute atomic E-state index is 0.294. The van der Waals surface area contributed by atoms with Crippen LogP contribution in [0.4, 0.5) is 5.69 Å². The lowest BCUT2D eigenvalue weighted by Crippen LogP contribution is -2.28. The molecular formula is C16H11BrCl2N2O2. The Bertz CT molecular complexity index is 775. The van der Waals surface area contributed by atoms with Crippen LogP contribution < -0.4 is 5.32 Å². The van der Waals surface area contributed by atoms with Crippen molar-refractivity contribution < 1.29 is 9.63 Å². The lowest BCUT2D eigenvalue weighted by Gasteiger charge is -2.10. The van der Waals surface area contributed by atoms with E-state index in [2.05, 4.69) is 26.4 Å². The smallest absolute Gasteiger partial charge is 0.268 e. The molecule has 0 aliphatic carbocycles. The molecule has 1 N–H and O–H groups in total. The summed E-state index contributed by atoms with van der Waals surface area (Å²) >= 11 is 15.2. The van der Waals surface area contributed by atoms with E-state index in [9.17, 15) is 4.79 Å². The van der Waals surface area contributed by atoms with Crippen molar-refractivity contribution >= 4 is 56.4 Å². The Labute approximate surface area is 151 Å². The molecule has 1 heterocycles. The number of nitrogens with zero attached hydrogens (tertiary/aromatic N) is 1. The maximum absolute atomic E-state index is 12.3. The number of benzene rings is 2. The number of hydrogen-bond acceptors (Lipinski definition) is 3. The molecule has 0 aromatic heterocycles. The molecule has 1 aliphatic rings. The summed E-state index contributed by atoms with van der Waals surface area (Å²) in [5.41, 5.74) is 2.17. The van der Waals surface area contributed by atoms with Crippen molar-refractivity contribution in [1.29, 1.82) is 0 Å². The van der Waals surface area contributed by atoms with Gasteiger partial charge in [-0.2, -0.15) is 0 Å². The van der Waals surface area contributed by atoms with Crippen LogP contribution in [0.5, 0.6) is 0 Å². The fourth-order valence-corrected chi connectivity index (χ4v) is 3.13. The first-order valence-electron chi connectivity index (χ1n) is 6.77. The van der Waals surface area contributed by atoms with E-state index in [-0.39, 0.29) is 5.91 Å². The summed E-state index contributed by atoms with van der Waals surface area (Å²) in [7, 11) is 0. The highest BCUT2D eigenvalue weighted by atomic mass is 79.9. The molecule has 1 amide bonds. The highest BCUT2D eigenvalue weighted by molar-refractivity contribution is 9.10. The van der Waals surface area contributed by atoms with E-state index in [1.807, 2.05) is 24.3 Å². The number of hydrogen-bond donors (Lipinski definition) is 1. The van der Waals surface area contributed by atoms with Crippen molar-refractivity contribution in [1.82, 2.24) is 0 Å². The summed E-state index contributed by atoms with van der Waals surface area (Å²) < 4.78 is 0.944. The fourth-order valence-electron chi connectivity index (χ4n) is 2.21. The van der Waals surface area contributed by atoms with Gasteiger partial charge in [-0.1, -0.05) is 56.4 Å². The average molecular weight is 414 g/mol. The van der Waals surface area contributed by atoms with Gasteiger partial charge >= 0.3 is 0 Å². The first-order chi connectivity index (χ1) is 11.0. The molecule has 7 heteroatoms. The molecule has 118 valence electrons. The van der Waals surface area contributed by atoms with Crippen molar-refractivity contribution in [3.05, 3.63) is 62.5 Å². The largest absolute Gasteiger partial charge is 0.382 e. The molecular weight excluding hydrogens is 403 g/mol. The molecule has 0 saturated carbocycles. The van der Waals surface area contributed by atoms with E-state index in [1.54, 1.807) is 18.2 Å². The molecule has 4 nitrogen and oxygen atoms in total. The maximum atomic E-state index is 12.3. The number of anilines is 1. The van der Waals surface area contributed by atoms with Crippen molar-refractivity contribution in [2.75, 3.05) is 5.32 Å². The van der Waals surface area contributed by atoms with Gasteiger partial charge in [0.25, 0.3) is 5.91 Å². The number of amides is 1. The van der Waals surface area contributed by atoms with E-state index >= 15 is 0 Å². The molecule has 0 saturated heterocycles. The van der Waals surface area contributed by atoms with Crippen LogP contribution in [0.3, 0.4) is 0 Å². The normalized spacial score (nSPS) is 16.7. The van der Waals surface area contributed by atoms with Crippen LogP contribution in [0.15, 0.2) is 52.1 Å². The van der Waals surface area contributed by atoms with Crippen molar-refractivity contribution in [2.24, 2.45) is 5.16 Å². The molecule has 1 unspecified atom stereocenters. The van der Waals surface area contributed by atoms with Crippen LogP contribution in [-0.4, -0.2) is 17.7 Å². The van der Waals surface area contributed by atoms with Gasteiger partial charge in [-0.05, 0) is 30.3 Å². The molecule has 0 bridgehead atoms. The zero-order valence-electron chi connectivity index (χ0n) is 11.7. The van der Waals surface area contributed by atoms with Crippen molar-refractivity contribution in [3.8, 4) is 0 Å². The van der Waals surface area contributed by atoms with E-state index in [0.29, 0.717) is 22.2 Å². The maximum Gasteiger partial charge on any atom is 0.268 e. The van der Waals surface area contributed by atoms with E-state index in [1.165, 1.54) is 0 Å². The molecule has 2 aromatic rings. The first kappa shape index (κ1) is 16.3. The Kier molecular flexibility index (Phi) is 4.90. The topological polar surface area (TPSA) is 50.7 Å². The number of rotatable bonds is 3. The van der Waals surface area contributed by atoms with Crippen LogP contribution in [-0.2, 0) is 9.63 Å². The van der Waals surface area contributed by atoms with Gasteiger partial charge in [-0.15, -0.1) is 0 Å². The summed E-state index contributed by atoms with van der Waals surface area (Å²) in [5, 5.41) is 7.64. The number of halogens is 3. The predicted molar refractivity (Wildman–Crippen MR) is 95.3 cm³/mol. The summed E-state index contributed by atoms with van der Waals surface area (Å²) in [4.78, 5) is 17.5. The van der Waals surface area contributed by atoms with Crippen LogP contribution in [0.25, 0.3) is 0 Å². The third-order valence-corrected chi connectivity index (χ3v) is 4.18. The SMILES string of the molecule is O=C(Nc1cc(Cl)cc(Cl)c1)C1CC(c2cccc(Br)c2)=NO1. The van der Waals surface area contributed by atoms with Gasteiger partial charge in [0.1, 0.15) is 0 Å². The molecule has 0 spiro atoms. The van der Waals surface area contributed by atoms with Crippen LogP contribution in [0.2, 0.25) is 10.0 Å². The van der Waals surface area contributed by atoms with E-state index < -0.39 is 6.10 Å². The number of oxime groups is 1. The third-order valence-electron chi connectivity index (χ3n) is 3.25. The Morgan fingerprint density at radius 3 is 2.65 bits per heavy atom. The van der Waals surface area contributed by atoms with Gasteiger partial charge in [-0.3, -0.25) is 4.79 Å². The number of nitrogens with one attached hydrogen (secondary N) is 1. The minimum atomic E-state index is -0.679. The fraction of sp³-hybridized carbons (Fsp3) is 0.125. The quantitative estimate of drug-likeness (QED) is 0.778. The standard InChI is InChI=1S/C16H11BrCl2N2O2/c17-10-3-1-2-9(4-10)14-8-15(23-21-14)16(22)20-13-6-11(18)5-12(19)7-13/h1-7,15H,8H2,(H,20,22). The number of carbonyl (C=O) groups is 1. The first-order valence-corrected chi connectivity index (χ1v) is 8.32. The van der Waals surface area contributed by atoms with Crippen LogP contribution in [0.1, 0.15) is 12.0 Å². The van der Waals surface area contributed by atoms with E-state index in [4.69, 9.17) is 28.0 Å². The van der Waals surface area contributed by atoms with Crippen molar-refractivity contribution in [3.63, 3.8) is 0 Å². The zero-order chi connectivity index (χ0) is 16.4.